The van der Waals surface area contributed by atoms with E-state index in [0.29, 0.717) is 6.04 Å². The Morgan fingerprint density at radius 1 is 1.50 bits per heavy atom. The van der Waals surface area contributed by atoms with Gasteiger partial charge in [0.15, 0.2) is 0 Å². The predicted octanol–water partition coefficient (Wildman–Crippen LogP) is 1.50. The van der Waals surface area contributed by atoms with E-state index in [9.17, 15) is 0 Å². The van der Waals surface area contributed by atoms with Crippen LogP contribution in [0.1, 0.15) is 39.0 Å². The van der Waals surface area contributed by atoms with Crippen molar-refractivity contribution >= 4 is 0 Å². The van der Waals surface area contributed by atoms with Crippen molar-refractivity contribution in [1.29, 1.82) is 0 Å². The van der Waals surface area contributed by atoms with Crippen LogP contribution in [0.25, 0.3) is 0 Å². The molecule has 72 valence electrons. The molecular weight excluding hydrogens is 148 g/mol. The van der Waals surface area contributed by atoms with Gasteiger partial charge in [0.05, 0.1) is 0 Å². The molecule has 1 unspecified atom stereocenters. The van der Waals surface area contributed by atoms with E-state index in [1.54, 1.807) is 0 Å². The highest BCUT2D eigenvalue weighted by Crippen LogP contribution is 2.28. The Hall–Kier alpha value is -0.0800. The molecule has 0 aromatic rings. The van der Waals surface area contributed by atoms with Crippen molar-refractivity contribution in [3.8, 4) is 0 Å². The van der Waals surface area contributed by atoms with E-state index in [1.165, 1.54) is 32.2 Å². The highest BCUT2D eigenvalue weighted by molar-refractivity contribution is 4.71. The number of hydrogen-bond acceptors (Lipinski definition) is 2. The van der Waals surface area contributed by atoms with Crippen LogP contribution >= 0.6 is 0 Å². The van der Waals surface area contributed by atoms with Crippen LogP contribution in [0.5, 0.6) is 0 Å². The van der Waals surface area contributed by atoms with Gasteiger partial charge in [-0.3, -0.25) is 0 Å². The lowest BCUT2D eigenvalue weighted by Gasteiger charge is -2.26. The number of hydrogen-bond donors (Lipinski definition) is 2. The van der Waals surface area contributed by atoms with Gasteiger partial charge in [-0.05, 0) is 38.8 Å². The standard InChI is InChI=1S/C10H22N2/c1-9(5-7-11)12-8-6-10-3-2-4-10/h9-10,12H,2-8,11H2,1H3. The average molecular weight is 170 g/mol. The molecule has 1 aliphatic rings. The van der Waals surface area contributed by atoms with Gasteiger partial charge in [-0.15, -0.1) is 0 Å². The zero-order valence-corrected chi connectivity index (χ0v) is 8.18. The van der Waals surface area contributed by atoms with Crippen molar-refractivity contribution in [2.45, 2.75) is 45.1 Å². The van der Waals surface area contributed by atoms with E-state index >= 15 is 0 Å². The van der Waals surface area contributed by atoms with Crippen LogP contribution < -0.4 is 11.1 Å². The first-order valence-corrected chi connectivity index (χ1v) is 5.26. The summed E-state index contributed by atoms with van der Waals surface area (Å²) in [4.78, 5) is 0. The Kier molecular flexibility index (Phi) is 4.62. The van der Waals surface area contributed by atoms with Crippen molar-refractivity contribution in [1.82, 2.24) is 5.32 Å². The Morgan fingerprint density at radius 2 is 2.25 bits per heavy atom. The summed E-state index contributed by atoms with van der Waals surface area (Å²) in [5, 5.41) is 3.50. The maximum Gasteiger partial charge on any atom is 0.00507 e. The first-order valence-electron chi connectivity index (χ1n) is 5.26. The van der Waals surface area contributed by atoms with Crippen molar-refractivity contribution in [2.75, 3.05) is 13.1 Å². The maximum absolute atomic E-state index is 5.46. The molecule has 0 aromatic carbocycles. The molecule has 1 fully saturated rings. The van der Waals surface area contributed by atoms with E-state index in [0.717, 1.165) is 18.9 Å². The molecule has 2 nitrogen and oxygen atoms in total. The minimum absolute atomic E-state index is 0.607. The van der Waals surface area contributed by atoms with Crippen molar-refractivity contribution in [2.24, 2.45) is 11.7 Å². The molecule has 3 N–H and O–H groups in total. The minimum Gasteiger partial charge on any atom is -0.330 e. The van der Waals surface area contributed by atoms with Crippen molar-refractivity contribution in [3.63, 3.8) is 0 Å². The summed E-state index contributed by atoms with van der Waals surface area (Å²) in [7, 11) is 0. The SMILES string of the molecule is CC(CCN)NCCC1CCC1. The summed E-state index contributed by atoms with van der Waals surface area (Å²) < 4.78 is 0. The van der Waals surface area contributed by atoms with Gasteiger partial charge in [-0.2, -0.15) is 0 Å². The van der Waals surface area contributed by atoms with E-state index in [2.05, 4.69) is 12.2 Å². The molecule has 0 amide bonds. The third kappa shape index (κ3) is 3.55. The van der Waals surface area contributed by atoms with Crippen LogP contribution in [0, 0.1) is 5.92 Å². The molecule has 1 rings (SSSR count). The quantitative estimate of drug-likeness (QED) is 0.634. The second kappa shape index (κ2) is 5.55. The zero-order chi connectivity index (χ0) is 8.81. The lowest BCUT2D eigenvalue weighted by atomic mass is 9.83. The first-order chi connectivity index (χ1) is 5.83. The van der Waals surface area contributed by atoms with E-state index in [1.807, 2.05) is 0 Å². The van der Waals surface area contributed by atoms with E-state index in [4.69, 9.17) is 5.73 Å². The Morgan fingerprint density at radius 3 is 2.75 bits per heavy atom. The third-order valence-corrected chi connectivity index (χ3v) is 2.87. The normalized spacial score (nSPS) is 20.5. The lowest BCUT2D eigenvalue weighted by Crippen LogP contribution is -2.31. The summed E-state index contributed by atoms with van der Waals surface area (Å²) in [5.41, 5.74) is 5.46. The van der Waals surface area contributed by atoms with Crippen LogP contribution in [0.15, 0.2) is 0 Å². The highest BCUT2D eigenvalue weighted by atomic mass is 14.9. The minimum atomic E-state index is 0.607. The largest absolute Gasteiger partial charge is 0.330 e. The molecule has 0 aromatic heterocycles. The fraction of sp³-hybridized carbons (Fsp3) is 1.00. The second-order valence-corrected chi connectivity index (χ2v) is 4.02. The van der Waals surface area contributed by atoms with Gasteiger partial charge in [-0.1, -0.05) is 19.3 Å². The molecule has 0 bridgehead atoms. The van der Waals surface area contributed by atoms with Crippen LogP contribution in [0.2, 0.25) is 0 Å². The zero-order valence-electron chi connectivity index (χ0n) is 8.18. The summed E-state index contributed by atoms with van der Waals surface area (Å²) in [6.07, 6.45) is 6.86. The fourth-order valence-electron chi connectivity index (χ4n) is 1.67. The van der Waals surface area contributed by atoms with Gasteiger partial charge in [0.25, 0.3) is 0 Å². The summed E-state index contributed by atoms with van der Waals surface area (Å²) in [6.45, 7) is 4.21. The second-order valence-electron chi connectivity index (χ2n) is 4.02. The molecule has 0 saturated heterocycles. The van der Waals surface area contributed by atoms with Gasteiger partial charge in [-0.25, -0.2) is 0 Å². The topological polar surface area (TPSA) is 38.0 Å². The van der Waals surface area contributed by atoms with Gasteiger partial charge >= 0.3 is 0 Å². The van der Waals surface area contributed by atoms with E-state index < -0.39 is 0 Å². The third-order valence-electron chi connectivity index (χ3n) is 2.87. The number of nitrogens with two attached hydrogens (primary N) is 1. The molecule has 0 spiro atoms. The van der Waals surface area contributed by atoms with Gasteiger partial charge in [0, 0.05) is 6.04 Å². The molecule has 2 heteroatoms. The molecule has 1 saturated carbocycles. The van der Waals surface area contributed by atoms with Crippen LogP contribution in [0.4, 0.5) is 0 Å². The summed E-state index contributed by atoms with van der Waals surface area (Å²) in [6, 6.07) is 0.607. The smallest absolute Gasteiger partial charge is 0.00507 e. The Balaban J connectivity index is 1.86. The average Bonchev–Trinajstić information content (AvgIpc) is 1.95. The van der Waals surface area contributed by atoms with Crippen LogP contribution in [-0.4, -0.2) is 19.1 Å². The molecule has 0 radical (unpaired) electrons. The van der Waals surface area contributed by atoms with Gasteiger partial charge in [0.2, 0.25) is 0 Å². The van der Waals surface area contributed by atoms with Gasteiger partial charge in [0.1, 0.15) is 0 Å². The lowest BCUT2D eigenvalue weighted by molar-refractivity contribution is 0.287. The summed E-state index contributed by atoms with van der Waals surface area (Å²) in [5.74, 6) is 1.03. The first kappa shape index (κ1) is 10.0. The van der Waals surface area contributed by atoms with Gasteiger partial charge < -0.3 is 11.1 Å². The molecule has 12 heavy (non-hydrogen) atoms. The summed E-state index contributed by atoms with van der Waals surface area (Å²) >= 11 is 0. The molecule has 1 atom stereocenters. The van der Waals surface area contributed by atoms with E-state index in [-0.39, 0.29) is 0 Å². The molecule has 1 aliphatic carbocycles. The Labute approximate surface area is 75.9 Å². The maximum atomic E-state index is 5.46. The fourth-order valence-corrected chi connectivity index (χ4v) is 1.67. The predicted molar refractivity (Wildman–Crippen MR) is 53.1 cm³/mol. The molecule has 0 aliphatic heterocycles. The van der Waals surface area contributed by atoms with Crippen LogP contribution in [-0.2, 0) is 0 Å². The van der Waals surface area contributed by atoms with Crippen molar-refractivity contribution < 1.29 is 0 Å². The Bertz CT molecular complexity index is 110. The number of nitrogens with one attached hydrogen (secondary N) is 1. The van der Waals surface area contributed by atoms with Crippen molar-refractivity contribution in [3.05, 3.63) is 0 Å². The molecular formula is C10H22N2. The number of rotatable bonds is 6. The monoisotopic (exact) mass is 170 g/mol. The highest BCUT2D eigenvalue weighted by Gasteiger charge is 2.16. The van der Waals surface area contributed by atoms with Crippen LogP contribution in [0.3, 0.4) is 0 Å². The molecule has 0 heterocycles.